The van der Waals surface area contributed by atoms with Crippen LogP contribution in [0.4, 0.5) is 0 Å². The monoisotopic (exact) mass is 156 g/mol. The van der Waals surface area contributed by atoms with E-state index in [4.69, 9.17) is 5.73 Å². The van der Waals surface area contributed by atoms with Gasteiger partial charge >= 0.3 is 0 Å². The van der Waals surface area contributed by atoms with Crippen molar-refractivity contribution in [3.63, 3.8) is 0 Å². The van der Waals surface area contributed by atoms with Gasteiger partial charge in [0.2, 0.25) is 0 Å². The third kappa shape index (κ3) is 2.17. The lowest BCUT2D eigenvalue weighted by molar-refractivity contribution is 0.163. The van der Waals surface area contributed by atoms with Crippen LogP contribution in [0.1, 0.15) is 33.6 Å². The van der Waals surface area contributed by atoms with E-state index in [9.17, 15) is 0 Å². The van der Waals surface area contributed by atoms with E-state index in [1.165, 1.54) is 12.8 Å². The summed E-state index contributed by atoms with van der Waals surface area (Å²) in [6, 6.07) is 1.45. The molecule has 66 valence electrons. The molecule has 0 heterocycles. The van der Waals surface area contributed by atoms with Gasteiger partial charge in [-0.15, -0.1) is 0 Å². The van der Waals surface area contributed by atoms with Gasteiger partial charge in [-0.2, -0.15) is 0 Å². The van der Waals surface area contributed by atoms with Crippen molar-refractivity contribution in [3.05, 3.63) is 0 Å². The first kappa shape index (κ1) is 9.01. The van der Waals surface area contributed by atoms with Crippen LogP contribution in [0.3, 0.4) is 0 Å². The molecule has 0 radical (unpaired) electrons. The third-order valence-electron chi connectivity index (χ3n) is 2.71. The molecule has 0 bridgehead atoms. The number of rotatable bonds is 4. The molecule has 1 unspecified atom stereocenters. The summed E-state index contributed by atoms with van der Waals surface area (Å²) < 4.78 is 0. The largest absolute Gasteiger partial charge is 0.318 e. The molecule has 0 aliphatic heterocycles. The Kier molecular flexibility index (Phi) is 2.90. The minimum Gasteiger partial charge on any atom is -0.318 e. The lowest BCUT2D eigenvalue weighted by Crippen LogP contribution is -2.42. The second kappa shape index (κ2) is 3.55. The Hall–Kier alpha value is -0.0800. The predicted molar refractivity (Wildman–Crippen MR) is 48.2 cm³/mol. The Morgan fingerprint density at radius 3 is 2.18 bits per heavy atom. The van der Waals surface area contributed by atoms with Gasteiger partial charge in [0.1, 0.15) is 0 Å². The van der Waals surface area contributed by atoms with Gasteiger partial charge in [0, 0.05) is 18.8 Å². The molecule has 0 aromatic rings. The van der Waals surface area contributed by atoms with Crippen LogP contribution in [-0.4, -0.2) is 23.7 Å². The molecule has 0 spiro atoms. The zero-order chi connectivity index (χ0) is 8.43. The molecular formula is C9H20N2. The smallest absolute Gasteiger partial charge is 0.0460 e. The van der Waals surface area contributed by atoms with Gasteiger partial charge in [0.15, 0.2) is 0 Å². The van der Waals surface area contributed by atoms with Crippen LogP contribution in [0.2, 0.25) is 0 Å². The third-order valence-corrected chi connectivity index (χ3v) is 2.71. The molecule has 1 atom stereocenters. The molecule has 1 aliphatic carbocycles. The highest BCUT2D eigenvalue weighted by molar-refractivity contribution is 4.87. The maximum Gasteiger partial charge on any atom is 0.0460 e. The Bertz CT molecular complexity index is 119. The Morgan fingerprint density at radius 2 is 1.91 bits per heavy atom. The van der Waals surface area contributed by atoms with E-state index in [0.717, 1.165) is 18.6 Å². The van der Waals surface area contributed by atoms with Gasteiger partial charge in [-0.1, -0.05) is 13.8 Å². The molecule has 0 aromatic heterocycles. The molecule has 11 heavy (non-hydrogen) atoms. The van der Waals surface area contributed by atoms with E-state index in [1.54, 1.807) is 0 Å². The first-order valence-electron chi connectivity index (χ1n) is 4.62. The number of hydrogen-bond donors (Lipinski definition) is 1. The van der Waals surface area contributed by atoms with Crippen LogP contribution < -0.4 is 5.73 Å². The summed E-state index contributed by atoms with van der Waals surface area (Å²) in [4.78, 5) is 2.42. The van der Waals surface area contributed by atoms with Crippen LogP contribution in [-0.2, 0) is 0 Å². The maximum atomic E-state index is 5.68. The molecule has 1 saturated carbocycles. The van der Waals surface area contributed by atoms with Crippen molar-refractivity contribution in [2.24, 2.45) is 11.7 Å². The second-order valence-electron chi connectivity index (χ2n) is 3.91. The van der Waals surface area contributed by atoms with Crippen molar-refractivity contribution in [1.82, 2.24) is 4.90 Å². The summed E-state index contributed by atoms with van der Waals surface area (Å²) in [5.74, 6) is 0.721. The summed E-state index contributed by atoms with van der Waals surface area (Å²) in [5.41, 5.74) is 5.68. The van der Waals surface area contributed by atoms with Crippen molar-refractivity contribution >= 4 is 0 Å². The summed E-state index contributed by atoms with van der Waals surface area (Å²) >= 11 is 0. The number of hydrogen-bond acceptors (Lipinski definition) is 2. The Morgan fingerprint density at radius 1 is 1.36 bits per heavy atom. The zero-order valence-corrected chi connectivity index (χ0v) is 7.88. The Labute approximate surface area is 69.8 Å². The van der Waals surface area contributed by atoms with Crippen LogP contribution in [0.5, 0.6) is 0 Å². The lowest BCUT2D eigenvalue weighted by atomic mass is 10.1. The molecular weight excluding hydrogens is 136 g/mol. The highest BCUT2D eigenvalue weighted by Crippen LogP contribution is 2.29. The van der Waals surface area contributed by atoms with E-state index < -0.39 is 0 Å². The van der Waals surface area contributed by atoms with Crippen LogP contribution >= 0.6 is 0 Å². The fourth-order valence-electron chi connectivity index (χ4n) is 1.44. The summed E-state index contributed by atoms with van der Waals surface area (Å²) in [7, 11) is 0. The highest BCUT2D eigenvalue weighted by Gasteiger charge is 2.31. The molecule has 1 aliphatic rings. The fraction of sp³-hybridized carbons (Fsp3) is 1.00. The molecule has 0 aromatic carbocycles. The summed E-state index contributed by atoms with van der Waals surface area (Å²) in [6.45, 7) is 7.52. The first-order valence-corrected chi connectivity index (χ1v) is 4.62. The fourth-order valence-corrected chi connectivity index (χ4v) is 1.44. The highest BCUT2D eigenvalue weighted by atomic mass is 15.2. The molecule has 2 nitrogen and oxygen atoms in total. The van der Waals surface area contributed by atoms with Gasteiger partial charge in [-0.25, -0.2) is 0 Å². The van der Waals surface area contributed by atoms with E-state index in [2.05, 4.69) is 25.7 Å². The minimum absolute atomic E-state index is 0.646. The van der Waals surface area contributed by atoms with Gasteiger partial charge in [-0.05, 0) is 25.7 Å². The van der Waals surface area contributed by atoms with Crippen LogP contribution in [0, 0.1) is 5.92 Å². The SMILES string of the molecule is CC(C)C(C)N(CN)C1CC1. The standard InChI is InChI=1S/C9H20N2/c1-7(2)8(3)11(6-10)9-4-5-9/h7-9H,4-6,10H2,1-3H3. The molecule has 1 fully saturated rings. The van der Waals surface area contributed by atoms with Crippen LogP contribution in [0.15, 0.2) is 0 Å². The quantitative estimate of drug-likeness (QED) is 0.624. The van der Waals surface area contributed by atoms with Crippen molar-refractivity contribution in [2.45, 2.75) is 45.7 Å². The van der Waals surface area contributed by atoms with Crippen molar-refractivity contribution in [2.75, 3.05) is 6.67 Å². The molecule has 0 saturated heterocycles. The maximum absolute atomic E-state index is 5.68. The number of nitrogens with two attached hydrogens (primary N) is 1. The van der Waals surface area contributed by atoms with E-state index in [-0.39, 0.29) is 0 Å². The van der Waals surface area contributed by atoms with E-state index in [1.807, 2.05) is 0 Å². The summed E-state index contributed by atoms with van der Waals surface area (Å²) in [5, 5.41) is 0. The van der Waals surface area contributed by atoms with E-state index >= 15 is 0 Å². The van der Waals surface area contributed by atoms with Crippen LogP contribution in [0.25, 0.3) is 0 Å². The average molecular weight is 156 g/mol. The number of nitrogens with zero attached hydrogens (tertiary/aromatic N) is 1. The van der Waals surface area contributed by atoms with Gasteiger partial charge in [0.05, 0.1) is 0 Å². The van der Waals surface area contributed by atoms with Gasteiger partial charge in [0.25, 0.3) is 0 Å². The van der Waals surface area contributed by atoms with Crippen molar-refractivity contribution < 1.29 is 0 Å². The molecule has 2 N–H and O–H groups in total. The van der Waals surface area contributed by atoms with E-state index in [0.29, 0.717) is 6.04 Å². The average Bonchev–Trinajstić information content (AvgIpc) is 2.72. The van der Waals surface area contributed by atoms with Gasteiger partial charge < -0.3 is 5.73 Å². The topological polar surface area (TPSA) is 29.3 Å². The molecule has 2 heteroatoms. The lowest BCUT2D eigenvalue weighted by Gasteiger charge is -2.30. The van der Waals surface area contributed by atoms with Crippen molar-refractivity contribution in [1.29, 1.82) is 0 Å². The normalized spacial score (nSPS) is 21.3. The molecule has 1 rings (SSSR count). The predicted octanol–water partition coefficient (Wildman–Crippen LogP) is 1.41. The molecule has 0 amide bonds. The van der Waals surface area contributed by atoms with Crippen molar-refractivity contribution in [3.8, 4) is 0 Å². The zero-order valence-electron chi connectivity index (χ0n) is 7.88. The first-order chi connectivity index (χ1) is 5.16. The summed E-state index contributed by atoms with van der Waals surface area (Å²) in [6.07, 6.45) is 2.71. The Balaban J connectivity index is 2.39. The minimum atomic E-state index is 0.646. The second-order valence-corrected chi connectivity index (χ2v) is 3.91. The van der Waals surface area contributed by atoms with Gasteiger partial charge in [-0.3, -0.25) is 4.90 Å².